The highest BCUT2D eigenvalue weighted by atomic mass is 35.5. The number of hydrogen-bond donors (Lipinski definition) is 2. The van der Waals surface area contributed by atoms with Gasteiger partial charge in [-0.25, -0.2) is 0 Å². The summed E-state index contributed by atoms with van der Waals surface area (Å²) < 4.78 is 10.7. The Hall–Kier alpha value is -3.49. The Balaban J connectivity index is 1.48. The molecule has 0 saturated heterocycles. The molecule has 0 unspecified atom stereocenters. The van der Waals surface area contributed by atoms with Gasteiger partial charge >= 0.3 is 5.97 Å². The quantitative estimate of drug-likeness (QED) is 0.443. The first-order valence-corrected chi connectivity index (χ1v) is 11.7. The van der Waals surface area contributed by atoms with Crippen LogP contribution in [0.1, 0.15) is 18.1 Å². The molecule has 0 spiro atoms. The number of halogens is 1. The molecule has 1 heterocycles. The van der Waals surface area contributed by atoms with Crippen molar-refractivity contribution in [3.8, 4) is 5.75 Å². The van der Waals surface area contributed by atoms with E-state index in [2.05, 4.69) is 10.6 Å². The summed E-state index contributed by atoms with van der Waals surface area (Å²) in [6, 6.07) is 20.8. The van der Waals surface area contributed by atoms with Crippen LogP contribution < -0.4 is 15.4 Å². The van der Waals surface area contributed by atoms with Gasteiger partial charge in [-0.15, -0.1) is 11.8 Å². The Morgan fingerprint density at radius 1 is 1.09 bits per heavy atom. The van der Waals surface area contributed by atoms with Crippen LogP contribution in [0.2, 0.25) is 5.02 Å². The zero-order chi connectivity index (χ0) is 24.1. The molecule has 0 bridgehead atoms. The monoisotopic (exact) mass is 496 g/mol. The molecule has 3 aromatic rings. The second-order valence-electron chi connectivity index (χ2n) is 7.42. The van der Waals surface area contributed by atoms with Crippen molar-refractivity contribution in [1.29, 1.82) is 0 Å². The van der Waals surface area contributed by atoms with E-state index >= 15 is 0 Å². The lowest BCUT2D eigenvalue weighted by atomic mass is 10.1. The standard InChI is InChI=1S/C25H21ClN2O5S/c1-32-19-12-11-16(13-17(19)26)27-25(31)23(15-7-3-2-4-8-15)33-22(29)14-21-24(30)28-18-9-5-6-10-20(18)34-21/h2-13,21,23H,14H2,1H3,(H,27,31)(H,28,30)/t21-,23-/m1/s1. The molecule has 0 radical (unpaired) electrons. The van der Waals surface area contributed by atoms with Crippen LogP contribution in [-0.4, -0.2) is 30.1 Å². The summed E-state index contributed by atoms with van der Waals surface area (Å²) in [5, 5.41) is 5.19. The van der Waals surface area contributed by atoms with E-state index in [9.17, 15) is 14.4 Å². The molecule has 3 aromatic carbocycles. The Kier molecular flexibility index (Phi) is 7.40. The lowest BCUT2D eigenvalue weighted by molar-refractivity contribution is -0.155. The molecule has 0 aromatic heterocycles. The zero-order valence-electron chi connectivity index (χ0n) is 18.1. The Morgan fingerprint density at radius 3 is 2.56 bits per heavy atom. The van der Waals surface area contributed by atoms with E-state index in [0.717, 1.165) is 4.90 Å². The predicted molar refractivity (Wildman–Crippen MR) is 131 cm³/mol. The number of esters is 1. The van der Waals surface area contributed by atoms with Gasteiger partial charge in [-0.2, -0.15) is 0 Å². The maximum Gasteiger partial charge on any atom is 0.308 e. The number of benzene rings is 3. The van der Waals surface area contributed by atoms with Gasteiger partial charge in [-0.1, -0.05) is 54.1 Å². The summed E-state index contributed by atoms with van der Waals surface area (Å²) in [4.78, 5) is 39.2. The van der Waals surface area contributed by atoms with Gasteiger partial charge < -0.3 is 20.1 Å². The number of rotatable bonds is 7. The van der Waals surface area contributed by atoms with Crippen molar-refractivity contribution in [1.82, 2.24) is 0 Å². The van der Waals surface area contributed by atoms with Gasteiger partial charge in [0.05, 0.1) is 29.5 Å². The topological polar surface area (TPSA) is 93.7 Å². The molecule has 2 atom stereocenters. The first-order chi connectivity index (χ1) is 16.4. The number of para-hydroxylation sites is 1. The smallest absolute Gasteiger partial charge is 0.308 e. The van der Waals surface area contributed by atoms with Gasteiger partial charge in [0, 0.05) is 16.1 Å². The first kappa shape index (κ1) is 23.7. The fourth-order valence-electron chi connectivity index (χ4n) is 3.41. The summed E-state index contributed by atoms with van der Waals surface area (Å²) in [6.45, 7) is 0. The third-order valence-corrected chi connectivity index (χ3v) is 6.64. The molecule has 9 heteroatoms. The summed E-state index contributed by atoms with van der Waals surface area (Å²) in [5.41, 5.74) is 1.63. The highest BCUT2D eigenvalue weighted by molar-refractivity contribution is 8.01. The van der Waals surface area contributed by atoms with Crippen LogP contribution in [0.4, 0.5) is 11.4 Å². The lowest BCUT2D eigenvalue weighted by Gasteiger charge is -2.24. The third-order valence-electron chi connectivity index (χ3n) is 5.07. The number of carbonyl (C=O) groups excluding carboxylic acids is 3. The SMILES string of the molecule is COc1ccc(NC(=O)[C@H](OC(=O)C[C@H]2Sc3ccccc3NC2=O)c2ccccc2)cc1Cl. The van der Waals surface area contributed by atoms with E-state index in [1.807, 2.05) is 18.2 Å². The molecule has 7 nitrogen and oxygen atoms in total. The van der Waals surface area contributed by atoms with E-state index in [1.54, 1.807) is 54.6 Å². The normalized spacial score (nSPS) is 15.5. The van der Waals surface area contributed by atoms with Crippen LogP contribution >= 0.6 is 23.4 Å². The summed E-state index contributed by atoms with van der Waals surface area (Å²) >= 11 is 7.44. The van der Waals surface area contributed by atoms with E-state index in [4.69, 9.17) is 21.1 Å². The van der Waals surface area contributed by atoms with Crippen molar-refractivity contribution in [3.63, 3.8) is 0 Å². The fraction of sp³-hybridized carbons (Fsp3) is 0.160. The molecular formula is C25H21ClN2O5S. The van der Waals surface area contributed by atoms with Crippen molar-refractivity contribution >= 4 is 52.5 Å². The van der Waals surface area contributed by atoms with E-state index < -0.39 is 23.2 Å². The van der Waals surface area contributed by atoms with Crippen LogP contribution in [0.5, 0.6) is 5.75 Å². The molecule has 0 fully saturated rings. The van der Waals surface area contributed by atoms with Crippen molar-refractivity contribution in [3.05, 3.63) is 83.4 Å². The molecule has 174 valence electrons. The molecule has 2 N–H and O–H groups in total. The molecule has 0 saturated carbocycles. The maximum atomic E-state index is 13.1. The van der Waals surface area contributed by atoms with Crippen molar-refractivity contribution < 1.29 is 23.9 Å². The average molecular weight is 497 g/mol. The van der Waals surface area contributed by atoms with Crippen molar-refractivity contribution in [2.75, 3.05) is 17.7 Å². The maximum absolute atomic E-state index is 13.1. The molecule has 34 heavy (non-hydrogen) atoms. The van der Waals surface area contributed by atoms with Gasteiger partial charge in [0.1, 0.15) is 5.75 Å². The van der Waals surface area contributed by atoms with E-state index in [1.165, 1.54) is 18.9 Å². The highest BCUT2D eigenvalue weighted by Gasteiger charge is 2.32. The number of thioether (sulfide) groups is 1. The predicted octanol–water partition coefficient (Wildman–Crippen LogP) is 5.07. The molecule has 0 aliphatic carbocycles. The van der Waals surface area contributed by atoms with Gasteiger partial charge in [-0.3, -0.25) is 14.4 Å². The number of carbonyl (C=O) groups is 3. The summed E-state index contributed by atoms with van der Waals surface area (Å²) in [7, 11) is 1.49. The van der Waals surface area contributed by atoms with E-state index in [0.29, 0.717) is 27.7 Å². The number of hydrogen-bond acceptors (Lipinski definition) is 6. The van der Waals surface area contributed by atoms with Crippen LogP contribution in [0.25, 0.3) is 0 Å². The molecule has 1 aliphatic heterocycles. The van der Waals surface area contributed by atoms with Gasteiger partial charge in [0.15, 0.2) is 0 Å². The highest BCUT2D eigenvalue weighted by Crippen LogP contribution is 2.37. The second-order valence-corrected chi connectivity index (χ2v) is 9.07. The largest absolute Gasteiger partial charge is 0.495 e. The Morgan fingerprint density at radius 2 is 1.82 bits per heavy atom. The minimum absolute atomic E-state index is 0.185. The molecule has 2 amide bonds. The number of nitrogens with one attached hydrogen (secondary N) is 2. The molecular weight excluding hydrogens is 476 g/mol. The molecule has 4 rings (SSSR count). The minimum Gasteiger partial charge on any atom is -0.495 e. The number of methoxy groups -OCH3 is 1. The van der Waals surface area contributed by atoms with Gasteiger partial charge in [0.2, 0.25) is 12.0 Å². The lowest BCUT2D eigenvalue weighted by Crippen LogP contribution is -2.33. The van der Waals surface area contributed by atoms with Crippen LogP contribution in [0.15, 0.2) is 77.7 Å². The zero-order valence-corrected chi connectivity index (χ0v) is 19.7. The third kappa shape index (κ3) is 5.52. The number of amides is 2. The Bertz CT molecular complexity index is 1220. The first-order valence-electron chi connectivity index (χ1n) is 10.4. The van der Waals surface area contributed by atoms with Crippen LogP contribution in [0.3, 0.4) is 0 Å². The molecule has 1 aliphatic rings. The average Bonchev–Trinajstić information content (AvgIpc) is 2.83. The second kappa shape index (κ2) is 10.6. The minimum atomic E-state index is -1.21. The van der Waals surface area contributed by atoms with Crippen LogP contribution in [-0.2, 0) is 19.1 Å². The van der Waals surface area contributed by atoms with Crippen molar-refractivity contribution in [2.24, 2.45) is 0 Å². The van der Waals surface area contributed by atoms with E-state index in [-0.39, 0.29) is 12.3 Å². The number of anilines is 2. The van der Waals surface area contributed by atoms with Gasteiger partial charge in [-0.05, 0) is 30.3 Å². The van der Waals surface area contributed by atoms with Crippen molar-refractivity contribution in [2.45, 2.75) is 22.7 Å². The van der Waals surface area contributed by atoms with Gasteiger partial charge in [0.25, 0.3) is 5.91 Å². The number of fused-ring (bicyclic) bond motifs is 1. The summed E-state index contributed by atoms with van der Waals surface area (Å²) in [5.74, 6) is -1.03. The summed E-state index contributed by atoms with van der Waals surface area (Å²) in [6.07, 6.45) is -1.39. The Labute approximate surface area is 205 Å². The number of ether oxygens (including phenoxy) is 2. The fourth-order valence-corrected chi connectivity index (χ4v) is 4.76. The van der Waals surface area contributed by atoms with Crippen LogP contribution in [0, 0.1) is 0 Å².